The van der Waals surface area contributed by atoms with Crippen molar-refractivity contribution in [3.8, 4) is 22.9 Å². The Hall–Kier alpha value is -4.04. The highest BCUT2D eigenvalue weighted by molar-refractivity contribution is 7.80. The van der Waals surface area contributed by atoms with Gasteiger partial charge in [0.2, 0.25) is 0 Å². The van der Waals surface area contributed by atoms with E-state index in [2.05, 4.69) is 32.8 Å². The number of nitrogens with zero attached hydrogens (tertiary/aromatic N) is 3. The summed E-state index contributed by atoms with van der Waals surface area (Å²) in [5.41, 5.74) is 5.46. The van der Waals surface area contributed by atoms with Gasteiger partial charge in [0.1, 0.15) is 17.2 Å². The maximum absolute atomic E-state index is 10.6. The minimum atomic E-state index is -0.237. The summed E-state index contributed by atoms with van der Waals surface area (Å²) in [4.78, 5) is 6.73. The maximum atomic E-state index is 10.6. The summed E-state index contributed by atoms with van der Waals surface area (Å²) in [6.45, 7) is 4.10. The van der Waals surface area contributed by atoms with Gasteiger partial charge in [-0.15, -0.1) is 0 Å². The number of phenolic OH excluding ortho intramolecular Hbond substituents is 1. The van der Waals surface area contributed by atoms with Gasteiger partial charge in [0, 0.05) is 23.7 Å². The molecular weight excluding hydrogens is 472 g/mol. The van der Waals surface area contributed by atoms with Gasteiger partial charge in [-0.1, -0.05) is 18.2 Å². The van der Waals surface area contributed by atoms with Gasteiger partial charge < -0.3 is 29.4 Å². The number of rotatable bonds is 6. The van der Waals surface area contributed by atoms with Crippen LogP contribution >= 0.6 is 12.2 Å². The standard InChI is InChI=1S/C28H28N4O3S/c1-17-15-20(18(2)31(17)22-10-5-6-11-24(22)33)27-26(21-9-7-8-14-29-21)30-28(36)32(27)23-16-19(34-3)12-13-25(23)35-4/h5-16,26-27,33H,1-4H3,(H,30,36)/t26-,27-/m0/s1. The topological polar surface area (TPSA) is 71.8 Å². The summed E-state index contributed by atoms with van der Waals surface area (Å²) in [5, 5.41) is 14.7. The van der Waals surface area contributed by atoms with Crippen molar-refractivity contribution in [2.75, 3.05) is 19.1 Å². The molecule has 2 aromatic carbocycles. The van der Waals surface area contributed by atoms with Gasteiger partial charge in [0.05, 0.1) is 43.4 Å². The molecule has 0 amide bonds. The van der Waals surface area contributed by atoms with Gasteiger partial charge in [-0.3, -0.25) is 4.98 Å². The summed E-state index contributed by atoms with van der Waals surface area (Å²) in [5.74, 6) is 1.60. The van der Waals surface area contributed by atoms with Gasteiger partial charge >= 0.3 is 0 Å². The second-order valence-corrected chi connectivity index (χ2v) is 9.07. The Morgan fingerprint density at radius 3 is 2.42 bits per heavy atom. The zero-order chi connectivity index (χ0) is 25.4. The van der Waals surface area contributed by atoms with Crippen molar-refractivity contribution < 1.29 is 14.6 Å². The predicted molar refractivity (Wildman–Crippen MR) is 144 cm³/mol. The number of aromatic nitrogens is 2. The lowest BCUT2D eigenvalue weighted by atomic mass is 9.96. The third-order valence-corrected chi connectivity index (χ3v) is 6.97. The number of nitrogens with one attached hydrogen (secondary N) is 1. The third kappa shape index (κ3) is 3.93. The molecule has 8 heteroatoms. The van der Waals surface area contributed by atoms with Crippen molar-refractivity contribution in [2.45, 2.75) is 25.9 Å². The number of hydrogen-bond acceptors (Lipinski definition) is 5. The lowest BCUT2D eigenvalue weighted by molar-refractivity contribution is 0.403. The van der Waals surface area contributed by atoms with Crippen LogP contribution in [0.15, 0.2) is 72.9 Å². The number of methoxy groups -OCH3 is 2. The van der Waals surface area contributed by atoms with E-state index < -0.39 is 0 Å². The average molecular weight is 501 g/mol. The highest BCUT2D eigenvalue weighted by Crippen LogP contribution is 2.47. The number of thiocarbonyl (C=S) groups is 1. The van der Waals surface area contributed by atoms with Crippen LogP contribution in [0.3, 0.4) is 0 Å². The van der Waals surface area contributed by atoms with E-state index >= 15 is 0 Å². The molecule has 4 aromatic rings. The van der Waals surface area contributed by atoms with E-state index in [9.17, 15) is 5.11 Å². The summed E-state index contributed by atoms with van der Waals surface area (Å²) in [6, 6.07) is 20.6. The fraction of sp³-hybridized carbons (Fsp3) is 0.214. The zero-order valence-corrected chi connectivity index (χ0v) is 21.4. The molecule has 0 radical (unpaired) electrons. The van der Waals surface area contributed by atoms with E-state index in [1.54, 1.807) is 26.5 Å². The first kappa shape index (κ1) is 23.7. The number of benzene rings is 2. The number of phenols is 1. The molecule has 7 nitrogen and oxygen atoms in total. The van der Waals surface area contributed by atoms with Crippen LogP contribution in [-0.4, -0.2) is 34.0 Å². The quantitative estimate of drug-likeness (QED) is 0.344. The molecule has 36 heavy (non-hydrogen) atoms. The Morgan fingerprint density at radius 2 is 1.72 bits per heavy atom. The van der Waals surface area contributed by atoms with E-state index in [0.717, 1.165) is 34.0 Å². The Kier molecular flexibility index (Phi) is 6.28. The van der Waals surface area contributed by atoms with Crippen LogP contribution in [0.4, 0.5) is 5.69 Å². The van der Waals surface area contributed by atoms with Crippen molar-refractivity contribution in [1.82, 2.24) is 14.9 Å². The Labute approximate surface area is 215 Å². The van der Waals surface area contributed by atoms with E-state index in [4.69, 9.17) is 21.7 Å². The molecule has 2 N–H and O–H groups in total. The molecule has 0 unspecified atom stereocenters. The second-order valence-electron chi connectivity index (χ2n) is 8.68. The van der Waals surface area contributed by atoms with Crippen LogP contribution in [0.25, 0.3) is 5.69 Å². The SMILES string of the molecule is COc1ccc(OC)c(N2C(=S)N[C@@H](c3ccccn3)[C@@H]2c2cc(C)n(-c3ccccc3O)c2C)c1. The first-order valence-corrected chi connectivity index (χ1v) is 12.0. The van der Waals surface area contributed by atoms with Crippen LogP contribution in [0.5, 0.6) is 17.2 Å². The van der Waals surface area contributed by atoms with E-state index in [1.807, 2.05) is 61.5 Å². The lowest BCUT2D eigenvalue weighted by Crippen LogP contribution is -2.30. The Bertz CT molecular complexity index is 1420. The van der Waals surface area contributed by atoms with Gasteiger partial charge in [0.15, 0.2) is 5.11 Å². The number of para-hydroxylation sites is 2. The van der Waals surface area contributed by atoms with Crippen LogP contribution < -0.4 is 19.7 Å². The molecule has 0 bridgehead atoms. The first-order valence-electron chi connectivity index (χ1n) is 11.6. The highest BCUT2D eigenvalue weighted by Gasteiger charge is 2.43. The largest absolute Gasteiger partial charge is 0.506 e. The minimum absolute atomic E-state index is 0.215. The molecule has 0 spiro atoms. The second kappa shape index (κ2) is 9.54. The number of hydrogen-bond donors (Lipinski definition) is 2. The molecule has 1 fully saturated rings. The molecule has 184 valence electrons. The molecular formula is C28H28N4O3S. The van der Waals surface area contributed by atoms with E-state index in [0.29, 0.717) is 16.6 Å². The summed E-state index contributed by atoms with van der Waals surface area (Å²) in [7, 11) is 3.29. The van der Waals surface area contributed by atoms with Crippen molar-refractivity contribution >= 4 is 23.0 Å². The zero-order valence-electron chi connectivity index (χ0n) is 20.6. The highest BCUT2D eigenvalue weighted by atomic mass is 32.1. The first-order chi connectivity index (χ1) is 17.4. The van der Waals surface area contributed by atoms with Gasteiger partial charge in [-0.2, -0.15) is 0 Å². The van der Waals surface area contributed by atoms with Crippen LogP contribution in [0, 0.1) is 13.8 Å². The monoisotopic (exact) mass is 500 g/mol. The number of anilines is 1. The molecule has 1 aliphatic rings. The maximum Gasteiger partial charge on any atom is 0.174 e. The molecule has 1 aliphatic heterocycles. The predicted octanol–water partition coefficient (Wildman–Crippen LogP) is 5.39. The number of pyridine rings is 1. The molecule has 5 rings (SSSR count). The van der Waals surface area contributed by atoms with E-state index in [1.165, 1.54) is 0 Å². The van der Waals surface area contributed by atoms with Gasteiger partial charge in [-0.05, 0) is 74.1 Å². The lowest BCUT2D eigenvalue weighted by Gasteiger charge is -2.29. The molecule has 2 atom stereocenters. The van der Waals surface area contributed by atoms with Crippen LogP contribution in [0.2, 0.25) is 0 Å². The number of aryl methyl sites for hydroxylation is 1. The summed E-state index contributed by atoms with van der Waals surface area (Å²) < 4.78 is 13.3. The molecule has 0 saturated carbocycles. The van der Waals surface area contributed by atoms with Crippen molar-refractivity contribution in [2.24, 2.45) is 0 Å². The number of aromatic hydroxyl groups is 1. The molecule has 1 saturated heterocycles. The normalized spacial score (nSPS) is 17.2. The van der Waals surface area contributed by atoms with Crippen molar-refractivity contribution in [1.29, 1.82) is 0 Å². The fourth-order valence-corrected chi connectivity index (χ4v) is 5.37. The van der Waals surface area contributed by atoms with Crippen molar-refractivity contribution in [3.63, 3.8) is 0 Å². The molecule has 2 aromatic heterocycles. The number of ether oxygens (including phenoxy) is 2. The van der Waals surface area contributed by atoms with Gasteiger partial charge in [-0.25, -0.2) is 0 Å². The summed E-state index contributed by atoms with van der Waals surface area (Å²) >= 11 is 5.90. The van der Waals surface area contributed by atoms with Gasteiger partial charge in [0.25, 0.3) is 0 Å². The Morgan fingerprint density at radius 1 is 0.944 bits per heavy atom. The Balaban J connectivity index is 1.73. The van der Waals surface area contributed by atoms with E-state index in [-0.39, 0.29) is 17.8 Å². The van der Waals surface area contributed by atoms with Crippen LogP contribution in [0.1, 0.15) is 34.7 Å². The molecule has 0 aliphatic carbocycles. The summed E-state index contributed by atoms with van der Waals surface area (Å²) in [6.07, 6.45) is 1.79. The smallest absolute Gasteiger partial charge is 0.174 e. The third-order valence-electron chi connectivity index (χ3n) is 6.66. The molecule has 3 heterocycles. The van der Waals surface area contributed by atoms with Crippen LogP contribution in [-0.2, 0) is 0 Å². The average Bonchev–Trinajstić information content (AvgIpc) is 3.39. The van der Waals surface area contributed by atoms with Crippen molar-refractivity contribution in [3.05, 3.63) is 95.6 Å². The fourth-order valence-electron chi connectivity index (χ4n) is 5.03. The minimum Gasteiger partial charge on any atom is -0.506 e.